The van der Waals surface area contributed by atoms with Crippen molar-refractivity contribution in [1.82, 2.24) is 0 Å². The maximum absolute atomic E-state index is 13.8. The second-order valence-electron chi connectivity index (χ2n) is 8.62. The number of ketones is 1. The summed E-state index contributed by atoms with van der Waals surface area (Å²) in [4.78, 5) is 42.5. The smallest absolute Gasteiger partial charge is 0.339 e. The standard InChI is InChI=1S/C25H20BrN3O6/c1-33-23(31)21-22(27)29(13-6-8-18-19(10-13)35-11-34-18)16-3-2-4-17(30)20(16)25(21)14-9-12(26)5-7-15(14)28-24(25)32/h5-10H,2-4,11,27H2,1H3,(H,28,32). The topological polar surface area (TPSA) is 120 Å². The molecular weight excluding hydrogens is 518 g/mol. The highest BCUT2D eigenvalue weighted by Gasteiger charge is 2.62. The van der Waals surface area contributed by atoms with E-state index in [4.69, 9.17) is 19.9 Å². The van der Waals surface area contributed by atoms with E-state index in [2.05, 4.69) is 21.2 Å². The average Bonchev–Trinajstić information content (AvgIpc) is 3.41. The molecule has 178 valence electrons. The van der Waals surface area contributed by atoms with Gasteiger partial charge in [-0.15, -0.1) is 0 Å². The third-order valence-corrected chi connectivity index (χ3v) is 7.37. The second-order valence-corrected chi connectivity index (χ2v) is 9.53. The number of hydrogen-bond acceptors (Lipinski definition) is 8. The normalized spacial score (nSPS) is 22.4. The number of ether oxygens (including phenoxy) is 3. The van der Waals surface area contributed by atoms with Gasteiger partial charge in [0.2, 0.25) is 12.7 Å². The summed E-state index contributed by atoms with van der Waals surface area (Å²) in [7, 11) is 1.22. The summed E-state index contributed by atoms with van der Waals surface area (Å²) in [5, 5.41) is 2.86. The van der Waals surface area contributed by atoms with Crippen LogP contribution in [0.3, 0.4) is 0 Å². The zero-order valence-corrected chi connectivity index (χ0v) is 20.2. The van der Waals surface area contributed by atoms with Gasteiger partial charge in [-0.3, -0.25) is 14.5 Å². The predicted molar refractivity (Wildman–Crippen MR) is 129 cm³/mol. The Hall–Kier alpha value is -3.79. The van der Waals surface area contributed by atoms with Gasteiger partial charge >= 0.3 is 5.97 Å². The van der Waals surface area contributed by atoms with E-state index in [1.165, 1.54) is 7.11 Å². The Bertz CT molecular complexity index is 1410. The van der Waals surface area contributed by atoms with Crippen molar-refractivity contribution >= 4 is 45.0 Å². The lowest BCUT2D eigenvalue weighted by Gasteiger charge is -2.44. The van der Waals surface area contributed by atoms with Gasteiger partial charge in [-0.1, -0.05) is 15.9 Å². The Kier molecular flexibility index (Phi) is 4.72. The minimum atomic E-state index is -1.73. The highest BCUT2D eigenvalue weighted by atomic mass is 79.9. The van der Waals surface area contributed by atoms with Crippen LogP contribution in [-0.2, 0) is 24.5 Å². The quantitative estimate of drug-likeness (QED) is 0.560. The van der Waals surface area contributed by atoms with Crippen LogP contribution in [0.5, 0.6) is 11.5 Å². The molecule has 3 N–H and O–H groups in total. The Morgan fingerprint density at radius 2 is 1.94 bits per heavy atom. The molecule has 9 nitrogen and oxygen atoms in total. The number of rotatable bonds is 2. The van der Waals surface area contributed by atoms with E-state index in [1.807, 2.05) is 0 Å². The summed E-state index contributed by atoms with van der Waals surface area (Å²) >= 11 is 3.46. The zero-order valence-electron chi connectivity index (χ0n) is 18.6. The predicted octanol–water partition coefficient (Wildman–Crippen LogP) is 3.24. The lowest BCUT2D eigenvalue weighted by atomic mass is 9.63. The Balaban J connectivity index is 1.70. The molecule has 2 aromatic carbocycles. The van der Waals surface area contributed by atoms with Crippen LogP contribution in [0.25, 0.3) is 0 Å². The first-order valence-corrected chi connectivity index (χ1v) is 11.8. The summed E-state index contributed by atoms with van der Waals surface area (Å²) in [6, 6.07) is 10.5. The molecule has 0 saturated heterocycles. The largest absolute Gasteiger partial charge is 0.466 e. The molecule has 1 spiro atoms. The van der Waals surface area contributed by atoms with E-state index in [-0.39, 0.29) is 36.0 Å². The molecule has 35 heavy (non-hydrogen) atoms. The number of benzene rings is 2. The van der Waals surface area contributed by atoms with Crippen LogP contribution < -0.4 is 25.4 Å². The van der Waals surface area contributed by atoms with Gasteiger partial charge in [-0.05, 0) is 43.2 Å². The number of anilines is 2. The molecule has 1 aliphatic carbocycles. The molecule has 0 bridgehead atoms. The average molecular weight is 538 g/mol. The maximum atomic E-state index is 13.8. The zero-order chi connectivity index (χ0) is 24.5. The number of Topliss-reactive ketones (excluding diaryl/α,β-unsaturated/α-hetero) is 1. The molecule has 0 radical (unpaired) electrons. The fourth-order valence-corrected chi connectivity index (χ4v) is 5.86. The number of carbonyl (C=O) groups excluding carboxylic acids is 3. The second kappa shape index (κ2) is 7.61. The van der Waals surface area contributed by atoms with E-state index in [9.17, 15) is 14.4 Å². The number of nitrogens with one attached hydrogen (secondary N) is 1. The summed E-state index contributed by atoms with van der Waals surface area (Å²) < 4.78 is 16.8. The number of fused-ring (bicyclic) bond motifs is 4. The molecular formula is C25H20BrN3O6. The van der Waals surface area contributed by atoms with Crippen molar-refractivity contribution in [3.05, 3.63) is 69.1 Å². The van der Waals surface area contributed by atoms with Crippen molar-refractivity contribution in [2.45, 2.75) is 24.7 Å². The molecule has 1 amide bonds. The van der Waals surface area contributed by atoms with E-state index < -0.39 is 17.3 Å². The lowest BCUT2D eigenvalue weighted by Crippen LogP contribution is -2.53. The van der Waals surface area contributed by atoms with Crippen LogP contribution in [0.15, 0.2) is 63.5 Å². The lowest BCUT2D eigenvalue weighted by molar-refractivity contribution is -0.138. The Morgan fingerprint density at radius 3 is 2.74 bits per heavy atom. The molecule has 3 aliphatic heterocycles. The molecule has 10 heteroatoms. The molecule has 4 aliphatic rings. The number of nitrogens with zero attached hydrogens (tertiary/aromatic N) is 1. The van der Waals surface area contributed by atoms with Gasteiger partial charge in [0.05, 0.1) is 12.8 Å². The molecule has 2 aromatic rings. The number of halogens is 1. The fraction of sp³-hybridized carbons (Fsp3) is 0.240. The number of nitrogens with two attached hydrogens (primary N) is 1. The van der Waals surface area contributed by atoms with Crippen LogP contribution in [0.2, 0.25) is 0 Å². The van der Waals surface area contributed by atoms with E-state index >= 15 is 0 Å². The molecule has 1 unspecified atom stereocenters. The van der Waals surface area contributed by atoms with Crippen LogP contribution in [-0.4, -0.2) is 31.6 Å². The molecule has 0 saturated carbocycles. The van der Waals surface area contributed by atoms with Crippen molar-refractivity contribution in [1.29, 1.82) is 0 Å². The highest BCUT2D eigenvalue weighted by Crippen LogP contribution is 2.56. The van der Waals surface area contributed by atoms with Gasteiger partial charge in [-0.25, -0.2) is 4.79 Å². The number of esters is 1. The highest BCUT2D eigenvalue weighted by molar-refractivity contribution is 9.10. The Labute approximate surface area is 208 Å². The van der Waals surface area contributed by atoms with Gasteiger partial charge in [0, 0.05) is 39.5 Å². The van der Waals surface area contributed by atoms with Crippen molar-refractivity contribution < 1.29 is 28.6 Å². The first-order valence-electron chi connectivity index (χ1n) is 11.0. The first-order chi connectivity index (χ1) is 16.9. The summed E-state index contributed by atoms with van der Waals surface area (Å²) in [5.41, 5.74) is 7.30. The maximum Gasteiger partial charge on any atom is 0.339 e. The Morgan fingerprint density at radius 1 is 1.14 bits per heavy atom. The summed E-state index contributed by atoms with van der Waals surface area (Å²) in [6.07, 6.45) is 1.33. The number of hydrogen-bond donors (Lipinski definition) is 2. The number of methoxy groups -OCH3 is 1. The van der Waals surface area contributed by atoms with Gasteiger partial charge in [0.25, 0.3) is 0 Å². The number of allylic oxidation sites excluding steroid dienone is 1. The number of carbonyl (C=O) groups is 3. The van der Waals surface area contributed by atoms with Crippen LogP contribution in [0.1, 0.15) is 24.8 Å². The summed E-state index contributed by atoms with van der Waals surface area (Å²) in [6.45, 7) is 0.0961. The molecule has 0 fully saturated rings. The first kappa shape index (κ1) is 21.7. The minimum Gasteiger partial charge on any atom is -0.466 e. The monoisotopic (exact) mass is 537 g/mol. The third kappa shape index (κ3) is 2.83. The SMILES string of the molecule is COC(=O)C1=C(N)N(c2ccc3c(c2)OCO3)C2=C(C(=O)CCC2)C12C(=O)Nc1ccc(Br)cc12. The van der Waals surface area contributed by atoms with Crippen molar-refractivity contribution in [2.75, 3.05) is 24.1 Å². The summed E-state index contributed by atoms with van der Waals surface area (Å²) in [5.74, 6) is -0.391. The van der Waals surface area contributed by atoms with Gasteiger partial charge in [0.1, 0.15) is 16.8 Å². The van der Waals surface area contributed by atoms with Gasteiger partial charge in [-0.2, -0.15) is 0 Å². The van der Waals surface area contributed by atoms with Crippen LogP contribution >= 0.6 is 15.9 Å². The molecule has 3 heterocycles. The van der Waals surface area contributed by atoms with Crippen LogP contribution in [0, 0.1) is 0 Å². The molecule has 1 atom stereocenters. The van der Waals surface area contributed by atoms with Crippen molar-refractivity contribution in [3.8, 4) is 11.5 Å². The molecule has 0 aromatic heterocycles. The van der Waals surface area contributed by atoms with Crippen molar-refractivity contribution in [2.24, 2.45) is 5.73 Å². The van der Waals surface area contributed by atoms with E-state index in [0.717, 1.165) is 0 Å². The number of amides is 1. The minimum absolute atomic E-state index is 0.0205. The van der Waals surface area contributed by atoms with E-state index in [1.54, 1.807) is 41.3 Å². The molecule has 6 rings (SSSR count). The third-order valence-electron chi connectivity index (χ3n) is 6.88. The van der Waals surface area contributed by atoms with Gasteiger partial charge in [0.15, 0.2) is 17.3 Å². The fourth-order valence-electron chi connectivity index (χ4n) is 5.50. The van der Waals surface area contributed by atoms with Crippen molar-refractivity contribution in [3.63, 3.8) is 0 Å². The van der Waals surface area contributed by atoms with Gasteiger partial charge < -0.3 is 25.3 Å². The van der Waals surface area contributed by atoms with Crippen LogP contribution in [0.4, 0.5) is 11.4 Å². The van der Waals surface area contributed by atoms with E-state index in [0.29, 0.717) is 51.4 Å².